The van der Waals surface area contributed by atoms with Crippen molar-refractivity contribution >= 4 is 5.71 Å². The summed E-state index contributed by atoms with van der Waals surface area (Å²) in [5, 5.41) is 12.1. The first-order valence-electron chi connectivity index (χ1n) is 4.74. The van der Waals surface area contributed by atoms with Crippen LogP contribution in [0.4, 0.5) is 4.39 Å². The minimum absolute atomic E-state index is 0.466. The maximum Gasteiger partial charge on any atom is 0.115 e. The third-order valence-electron chi connectivity index (χ3n) is 2.62. The van der Waals surface area contributed by atoms with Gasteiger partial charge in [0, 0.05) is 5.56 Å². The molecule has 0 spiro atoms. The molecule has 0 heterocycles. The summed E-state index contributed by atoms with van der Waals surface area (Å²) in [6, 6.07) is 5.50. The molecular formula is C11H12FNO. The van der Waals surface area contributed by atoms with Crippen LogP contribution in [0.2, 0.25) is 0 Å². The van der Waals surface area contributed by atoms with Gasteiger partial charge in [-0.2, -0.15) is 0 Å². The number of benzene rings is 1. The van der Waals surface area contributed by atoms with Crippen molar-refractivity contribution in [2.75, 3.05) is 0 Å². The lowest BCUT2D eigenvalue weighted by molar-refractivity contribution is 0.317. The van der Waals surface area contributed by atoms with Crippen molar-refractivity contribution in [1.29, 1.82) is 0 Å². The normalized spacial score (nSPS) is 18.2. The summed E-state index contributed by atoms with van der Waals surface area (Å²) in [7, 11) is 0. The summed E-state index contributed by atoms with van der Waals surface area (Å²) in [5.74, 6) is 0. The van der Waals surface area contributed by atoms with Crippen LogP contribution in [0.25, 0.3) is 0 Å². The van der Waals surface area contributed by atoms with E-state index < -0.39 is 6.67 Å². The number of hydrogen-bond acceptors (Lipinski definition) is 2. The van der Waals surface area contributed by atoms with Gasteiger partial charge in [0.2, 0.25) is 0 Å². The molecule has 3 heteroatoms. The van der Waals surface area contributed by atoms with Crippen molar-refractivity contribution in [3.05, 3.63) is 34.9 Å². The molecule has 0 fully saturated rings. The van der Waals surface area contributed by atoms with E-state index in [1.165, 1.54) is 0 Å². The van der Waals surface area contributed by atoms with Gasteiger partial charge in [0.25, 0.3) is 0 Å². The Morgan fingerprint density at radius 2 is 2.21 bits per heavy atom. The summed E-state index contributed by atoms with van der Waals surface area (Å²) < 4.78 is 12.4. The van der Waals surface area contributed by atoms with Crippen molar-refractivity contribution < 1.29 is 9.60 Å². The van der Waals surface area contributed by atoms with Crippen LogP contribution in [-0.2, 0) is 13.1 Å². The first-order valence-corrected chi connectivity index (χ1v) is 4.74. The molecule has 74 valence electrons. The second-order valence-electron chi connectivity index (χ2n) is 3.53. The summed E-state index contributed by atoms with van der Waals surface area (Å²) in [6.07, 6.45) is 2.77. The molecule has 14 heavy (non-hydrogen) atoms. The number of halogens is 1. The zero-order valence-electron chi connectivity index (χ0n) is 7.83. The molecule has 1 aromatic rings. The molecule has 1 aliphatic carbocycles. The standard InChI is InChI=1S/C11H12FNO/c12-7-8-4-5-9-2-1-3-11(13-14)10(9)6-8/h4-6,14H,1-3,7H2. The fourth-order valence-electron chi connectivity index (χ4n) is 1.88. The molecule has 0 atom stereocenters. The van der Waals surface area contributed by atoms with Crippen molar-refractivity contribution in [2.45, 2.75) is 25.9 Å². The summed E-state index contributed by atoms with van der Waals surface area (Å²) in [6.45, 7) is -0.466. The highest BCUT2D eigenvalue weighted by Gasteiger charge is 2.15. The van der Waals surface area contributed by atoms with Gasteiger partial charge in [0.1, 0.15) is 6.67 Å². The second-order valence-corrected chi connectivity index (χ2v) is 3.53. The van der Waals surface area contributed by atoms with E-state index in [0.717, 1.165) is 30.4 Å². The van der Waals surface area contributed by atoms with E-state index in [1.54, 1.807) is 12.1 Å². The summed E-state index contributed by atoms with van der Waals surface area (Å²) >= 11 is 0. The Labute approximate surface area is 82.1 Å². The van der Waals surface area contributed by atoms with Crippen molar-refractivity contribution in [3.63, 3.8) is 0 Å². The van der Waals surface area contributed by atoms with Crippen LogP contribution in [-0.4, -0.2) is 10.9 Å². The Balaban J connectivity index is 2.49. The Hall–Kier alpha value is -1.38. The van der Waals surface area contributed by atoms with Gasteiger partial charge in [-0.1, -0.05) is 17.3 Å². The Kier molecular flexibility index (Phi) is 2.48. The van der Waals surface area contributed by atoms with Crippen LogP contribution in [0.3, 0.4) is 0 Å². The van der Waals surface area contributed by atoms with E-state index >= 15 is 0 Å². The molecule has 0 saturated heterocycles. The number of hydrogen-bond donors (Lipinski definition) is 1. The molecule has 1 aromatic carbocycles. The lowest BCUT2D eigenvalue weighted by Gasteiger charge is -2.17. The smallest absolute Gasteiger partial charge is 0.115 e. The second kappa shape index (κ2) is 3.78. The third-order valence-corrected chi connectivity index (χ3v) is 2.62. The molecule has 1 N–H and O–H groups in total. The minimum atomic E-state index is -0.466. The maximum atomic E-state index is 12.4. The van der Waals surface area contributed by atoms with E-state index in [-0.39, 0.29) is 0 Å². The monoisotopic (exact) mass is 193 g/mol. The topological polar surface area (TPSA) is 32.6 Å². The Bertz CT molecular complexity index is 374. The van der Waals surface area contributed by atoms with Gasteiger partial charge in [-0.15, -0.1) is 0 Å². The van der Waals surface area contributed by atoms with E-state index in [2.05, 4.69) is 5.16 Å². The predicted octanol–water partition coefficient (Wildman–Crippen LogP) is 2.67. The molecule has 0 radical (unpaired) electrons. The molecular weight excluding hydrogens is 181 g/mol. The number of rotatable bonds is 1. The average Bonchev–Trinajstić information content (AvgIpc) is 2.27. The quantitative estimate of drug-likeness (QED) is 0.539. The summed E-state index contributed by atoms with van der Waals surface area (Å²) in [5.41, 5.74) is 3.39. The highest BCUT2D eigenvalue weighted by molar-refractivity contribution is 6.02. The summed E-state index contributed by atoms with van der Waals surface area (Å²) in [4.78, 5) is 0. The lowest BCUT2D eigenvalue weighted by atomic mass is 9.89. The zero-order chi connectivity index (χ0) is 9.97. The van der Waals surface area contributed by atoms with E-state index in [1.807, 2.05) is 6.07 Å². The van der Waals surface area contributed by atoms with Crippen molar-refractivity contribution in [1.82, 2.24) is 0 Å². The first-order chi connectivity index (χ1) is 6.85. The number of fused-ring (bicyclic) bond motifs is 1. The first kappa shape index (κ1) is 9.19. The predicted molar refractivity (Wildman–Crippen MR) is 52.5 cm³/mol. The van der Waals surface area contributed by atoms with Crippen LogP contribution >= 0.6 is 0 Å². The van der Waals surface area contributed by atoms with Gasteiger partial charge < -0.3 is 5.21 Å². The van der Waals surface area contributed by atoms with Gasteiger partial charge >= 0.3 is 0 Å². The van der Waals surface area contributed by atoms with Crippen LogP contribution in [0.1, 0.15) is 29.5 Å². The van der Waals surface area contributed by atoms with Crippen molar-refractivity contribution in [3.8, 4) is 0 Å². The molecule has 1 aliphatic rings. The average molecular weight is 193 g/mol. The lowest BCUT2D eigenvalue weighted by Crippen LogP contribution is -2.12. The highest BCUT2D eigenvalue weighted by atomic mass is 19.1. The minimum Gasteiger partial charge on any atom is -0.411 e. The molecule has 2 nitrogen and oxygen atoms in total. The fraction of sp³-hybridized carbons (Fsp3) is 0.364. The SMILES string of the molecule is ON=C1CCCc2ccc(CF)cc21. The third kappa shape index (κ3) is 1.50. The van der Waals surface area contributed by atoms with E-state index in [0.29, 0.717) is 11.3 Å². The van der Waals surface area contributed by atoms with Crippen LogP contribution in [0.15, 0.2) is 23.4 Å². The van der Waals surface area contributed by atoms with Crippen molar-refractivity contribution in [2.24, 2.45) is 5.16 Å². The van der Waals surface area contributed by atoms with Gasteiger partial charge in [0.15, 0.2) is 0 Å². The number of alkyl halides is 1. The van der Waals surface area contributed by atoms with Gasteiger partial charge in [0.05, 0.1) is 5.71 Å². The maximum absolute atomic E-state index is 12.4. The van der Waals surface area contributed by atoms with E-state index in [9.17, 15) is 4.39 Å². The molecule has 0 aliphatic heterocycles. The van der Waals surface area contributed by atoms with Gasteiger partial charge in [-0.05, 0) is 36.5 Å². The number of oxime groups is 1. The highest BCUT2D eigenvalue weighted by Crippen LogP contribution is 2.23. The fourth-order valence-corrected chi connectivity index (χ4v) is 1.88. The van der Waals surface area contributed by atoms with E-state index in [4.69, 9.17) is 5.21 Å². The van der Waals surface area contributed by atoms with Crippen LogP contribution in [0, 0.1) is 0 Å². The van der Waals surface area contributed by atoms with Gasteiger partial charge in [-0.25, -0.2) is 4.39 Å². The zero-order valence-corrected chi connectivity index (χ0v) is 7.83. The van der Waals surface area contributed by atoms with Crippen LogP contribution in [0.5, 0.6) is 0 Å². The molecule has 0 amide bonds. The molecule has 0 saturated carbocycles. The Morgan fingerprint density at radius 3 is 2.93 bits per heavy atom. The number of nitrogens with zero attached hydrogens (tertiary/aromatic N) is 1. The molecule has 0 bridgehead atoms. The molecule has 0 aromatic heterocycles. The van der Waals surface area contributed by atoms with Crippen LogP contribution < -0.4 is 0 Å². The Morgan fingerprint density at radius 1 is 1.36 bits per heavy atom. The molecule has 2 rings (SSSR count). The number of aryl methyl sites for hydroxylation is 1. The molecule has 0 unspecified atom stereocenters. The largest absolute Gasteiger partial charge is 0.411 e. The van der Waals surface area contributed by atoms with Gasteiger partial charge in [-0.3, -0.25) is 0 Å².